The zero-order chi connectivity index (χ0) is 25.4. The van der Waals surface area contributed by atoms with Crippen molar-refractivity contribution in [2.75, 3.05) is 18.6 Å². The summed E-state index contributed by atoms with van der Waals surface area (Å²) >= 11 is 2.16. The second-order valence-corrected chi connectivity index (χ2v) is 11.9. The van der Waals surface area contributed by atoms with E-state index in [0.29, 0.717) is 11.8 Å². The Balaban J connectivity index is 1.36. The van der Waals surface area contributed by atoms with Crippen molar-refractivity contribution in [2.45, 2.75) is 115 Å². The van der Waals surface area contributed by atoms with Gasteiger partial charge in [0.15, 0.2) is 0 Å². The van der Waals surface area contributed by atoms with Gasteiger partial charge in [-0.05, 0) is 96.4 Å². The molecule has 0 bridgehead atoms. The van der Waals surface area contributed by atoms with E-state index in [1.54, 1.807) is 19.2 Å². The van der Waals surface area contributed by atoms with Crippen molar-refractivity contribution < 1.29 is 9.13 Å². The molecule has 3 heteroatoms. The lowest BCUT2D eigenvalue weighted by atomic mass is 9.70. The number of unbranched alkanes of at least 4 members (excludes halogenated alkanes) is 10. The fourth-order valence-corrected chi connectivity index (χ4v) is 6.86. The summed E-state index contributed by atoms with van der Waals surface area (Å²) in [5.41, 5.74) is 4.22. The van der Waals surface area contributed by atoms with Crippen LogP contribution in [0, 0.1) is 5.82 Å². The fraction of sp³-hybridized carbons (Fsp3) is 0.636. The summed E-state index contributed by atoms with van der Waals surface area (Å²) in [6.07, 6.45) is 19.9. The zero-order valence-corrected chi connectivity index (χ0v) is 23.7. The molecule has 0 amide bonds. The van der Waals surface area contributed by atoms with E-state index in [-0.39, 0.29) is 5.82 Å². The first-order valence-electron chi connectivity index (χ1n) is 14.7. The van der Waals surface area contributed by atoms with E-state index in [0.717, 1.165) is 18.6 Å². The lowest BCUT2D eigenvalue weighted by molar-refractivity contribution is 0.406. The van der Waals surface area contributed by atoms with E-state index in [1.165, 1.54) is 112 Å². The minimum atomic E-state index is -0.141. The molecule has 3 rings (SSSR count). The van der Waals surface area contributed by atoms with Crippen molar-refractivity contribution in [1.29, 1.82) is 0 Å². The number of benzene rings is 2. The van der Waals surface area contributed by atoms with Crippen LogP contribution in [-0.2, 0) is 6.42 Å². The van der Waals surface area contributed by atoms with E-state index in [2.05, 4.69) is 36.9 Å². The summed E-state index contributed by atoms with van der Waals surface area (Å²) in [6.45, 7) is 2.28. The van der Waals surface area contributed by atoms with Gasteiger partial charge >= 0.3 is 0 Å². The number of methoxy groups -OCH3 is 1. The molecule has 0 spiro atoms. The molecule has 2 unspecified atom stereocenters. The molecule has 2 aromatic carbocycles. The first-order chi connectivity index (χ1) is 17.7. The Bertz CT molecular complexity index is 849. The molecular weight excluding hydrogens is 463 g/mol. The first-order valence-corrected chi connectivity index (χ1v) is 15.9. The minimum Gasteiger partial charge on any atom is -0.497 e. The number of aryl methyl sites for hydroxylation is 1. The number of hydrogen-bond donors (Lipinski definition) is 0. The van der Waals surface area contributed by atoms with Gasteiger partial charge in [-0.2, -0.15) is 11.8 Å². The van der Waals surface area contributed by atoms with Crippen LogP contribution in [0.2, 0.25) is 0 Å². The summed E-state index contributed by atoms with van der Waals surface area (Å²) in [6, 6.07) is 13.9. The van der Waals surface area contributed by atoms with Gasteiger partial charge in [0.05, 0.1) is 7.11 Å². The Morgan fingerprint density at radius 1 is 0.806 bits per heavy atom. The predicted molar refractivity (Wildman–Crippen MR) is 156 cm³/mol. The molecule has 0 heterocycles. The van der Waals surface area contributed by atoms with E-state index < -0.39 is 0 Å². The van der Waals surface area contributed by atoms with E-state index in [1.807, 2.05) is 12.1 Å². The van der Waals surface area contributed by atoms with Gasteiger partial charge in [-0.15, -0.1) is 0 Å². The number of thioether (sulfide) groups is 1. The molecule has 36 heavy (non-hydrogen) atoms. The largest absolute Gasteiger partial charge is 0.497 e. The molecule has 0 fully saturated rings. The van der Waals surface area contributed by atoms with E-state index in [4.69, 9.17) is 4.74 Å². The maximum absolute atomic E-state index is 13.6. The van der Waals surface area contributed by atoms with Crippen LogP contribution in [0.3, 0.4) is 0 Å². The molecule has 1 aliphatic carbocycles. The number of rotatable bonds is 18. The van der Waals surface area contributed by atoms with Crippen LogP contribution in [-0.4, -0.2) is 18.6 Å². The second-order valence-electron chi connectivity index (χ2n) is 10.7. The van der Waals surface area contributed by atoms with Gasteiger partial charge in [0.1, 0.15) is 11.6 Å². The molecule has 0 saturated heterocycles. The SMILES string of the molecule is CCCCCCSCCCCCCCCCCC1c2ccc(OC)cc2CCC1c1ccc(F)cc1. The minimum absolute atomic E-state index is 0.141. The maximum Gasteiger partial charge on any atom is 0.123 e. The number of hydrogen-bond acceptors (Lipinski definition) is 2. The molecule has 0 saturated carbocycles. The van der Waals surface area contributed by atoms with Gasteiger partial charge in [-0.25, -0.2) is 4.39 Å². The number of fused-ring (bicyclic) bond motifs is 1. The number of ether oxygens (including phenoxy) is 1. The Labute approximate surface area is 225 Å². The maximum atomic E-state index is 13.6. The molecule has 1 nitrogen and oxygen atoms in total. The average molecular weight is 513 g/mol. The highest BCUT2D eigenvalue weighted by molar-refractivity contribution is 7.99. The van der Waals surface area contributed by atoms with Crippen molar-refractivity contribution in [1.82, 2.24) is 0 Å². The molecule has 0 aromatic heterocycles. The molecule has 1 aliphatic rings. The van der Waals surface area contributed by atoms with Gasteiger partial charge in [0.25, 0.3) is 0 Å². The standard InChI is InChI=1S/C33H49FOS/c1-3-4-5-13-24-36-25-14-11-9-7-6-8-10-12-15-33-31(27-16-19-29(34)20-17-27)22-18-28-26-30(35-2)21-23-32(28)33/h16-17,19-21,23,26,31,33H,3-15,18,22,24-25H2,1-2H3. The van der Waals surface area contributed by atoms with Crippen LogP contribution in [0.4, 0.5) is 4.39 Å². The summed E-state index contributed by atoms with van der Waals surface area (Å²) in [5, 5.41) is 0. The third kappa shape index (κ3) is 9.77. The Kier molecular flexibility index (Phi) is 13.8. The molecule has 2 aromatic rings. The van der Waals surface area contributed by atoms with Gasteiger partial charge in [-0.1, -0.05) is 89.3 Å². The van der Waals surface area contributed by atoms with E-state index in [9.17, 15) is 4.39 Å². The average Bonchev–Trinajstić information content (AvgIpc) is 2.91. The summed E-state index contributed by atoms with van der Waals surface area (Å²) in [4.78, 5) is 0. The molecule has 200 valence electrons. The quantitative estimate of drug-likeness (QED) is 0.184. The lowest BCUT2D eigenvalue weighted by Crippen LogP contribution is -2.19. The molecular formula is C33H49FOS. The van der Waals surface area contributed by atoms with Crippen molar-refractivity contribution in [3.63, 3.8) is 0 Å². The highest BCUT2D eigenvalue weighted by Crippen LogP contribution is 2.46. The van der Waals surface area contributed by atoms with Crippen molar-refractivity contribution in [2.24, 2.45) is 0 Å². The monoisotopic (exact) mass is 512 g/mol. The summed E-state index contributed by atoms with van der Waals surface area (Å²) in [5.74, 6) is 4.54. The molecule has 0 radical (unpaired) electrons. The highest BCUT2D eigenvalue weighted by atomic mass is 32.2. The molecule has 2 atom stereocenters. The molecule has 0 aliphatic heterocycles. The van der Waals surface area contributed by atoms with Gasteiger partial charge in [0, 0.05) is 0 Å². The van der Waals surface area contributed by atoms with E-state index >= 15 is 0 Å². The Morgan fingerprint density at radius 3 is 2.11 bits per heavy atom. The predicted octanol–water partition coefficient (Wildman–Crippen LogP) is 10.5. The van der Waals surface area contributed by atoms with Crippen molar-refractivity contribution in [3.8, 4) is 5.75 Å². The lowest BCUT2D eigenvalue weighted by Gasteiger charge is -2.34. The normalized spacial score (nSPS) is 17.2. The van der Waals surface area contributed by atoms with Gasteiger partial charge in [0.2, 0.25) is 0 Å². The van der Waals surface area contributed by atoms with Crippen LogP contribution in [0.1, 0.15) is 125 Å². The fourth-order valence-electron chi connectivity index (χ4n) is 5.84. The third-order valence-corrected chi connectivity index (χ3v) is 9.11. The Hall–Kier alpha value is -1.48. The van der Waals surface area contributed by atoms with Crippen LogP contribution in [0.15, 0.2) is 42.5 Å². The highest BCUT2D eigenvalue weighted by Gasteiger charge is 2.30. The summed E-state index contributed by atoms with van der Waals surface area (Å²) < 4.78 is 19.1. The number of halogens is 1. The van der Waals surface area contributed by atoms with Crippen LogP contribution in [0.5, 0.6) is 5.75 Å². The van der Waals surface area contributed by atoms with Crippen LogP contribution < -0.4 is 4.74 Å². The third-order valence-electron chi connectivity index (χ3n) is 7.95. The topological polar surface area (TPSA) is 9.23 Å². The zero-order valence-electron chi connectivity index (χ0n) is 22.9. The second kappa shape index (κ2) is 17.1. The Morgan fingerprint density at radius 2 is 1.44 bits per heavy atom. The van der Waals surface area contributed by atoms with Crippen molar-refractivity contribution in [3.05, 3.63) is 65.0 Å². The first kappa shape index (κ1) is 29.1. The van der Waals surface area contributed by atoms with Crippen LogP contribution in [0.25, 0.3) is 0 Å². The van der Waals surface area contributed by atoms with Gasteiger partial charge < -0.3 is 4.74 Å². The summed E-state index contributed by atoms with van der Waals surface area (Å²) in [7, 11) is 1.75. The smallest absolute Gasteiger partial charge is 0.123 e. The van der Waals surface area contributed by atoms with Crippen molar-refractivity contribution >= 4 is 11.8 Å². The van der Waals surface area contributed by atoms with Gasteiger partial charge in [-0.3, -0.25) is 0 Å². The molecule has 0 N–H and O–H groups in total. The van der Waals surface area contributed by atoms with Crippen LogP contribution >= 0.6 is 11.8 Å².